The Balaban J connectivity index is 1.87. The zero-order valence-electron chi connectivity index (χ0n) is 14.0. The van der Waals surface area contributed by atoms with Crippen molar-refractivity contribution in [2.75, 3.05) is 5.73 Å². The summed E-state index contributed by atoms with van der Waals surface area (Å²) in [5, 5.41) is 4.50. The van der Waals surface area contributed by atoms with Crippen LogP contribution in [0.3, 0.4) is 0 Å². The molecule has 0 saturated heterocycles. The van der Waals surface area contributed by atoms with Gasteiger partial charge >= 0.3 is 6.01 Å². The Kier molecular flexibility index (Phi) is 4.79. The van der Waals surface area contributed by atoms with Crippen molar-refractivity contribution in [2.24, 2.45) is 0 Å². The molecule has 1 aliphatic rings. The molecule has 2 aromatic heterocycles. The predicted molar refractivity (Wildman–Crippen MR) is 90.4 cm³/mol. The molecule has 0 spiro atoms. The van der Waals surface area contributed by atoms with Crippen molar-refractivity contribution in [3.8, 4) is 6.01 Å². The molecule has 1 atom stereocenters. The van der Waals surface area contributed by atoms with Gasteiger partial charge in [-0.15, -0.1) is 5.10 Å². The molecule has 23 heavy (non-hydrogen) atoms. The van der Waals surface area contributed by atoms with Crippen molar-refractivity contribution in [2.45, 2.75) is 64.9 Å². The Labute approximate surface area is 136 Å². The number of anilines is 1. The second kappa shape index (κ2) is 6.98. The number of allylic oxidation sites excluding steroid dienone is 2. The quantitative estimate of drug-likeness (QED) is 0.827. The summed E-state index contributed by atoms with van der Waals surface area (Å²) in [5.74, 6) is 0.363. The molecule has 1 aliphatic carbocycles. The number of ether oxygens (including phenoxy) is 1. The molecule has 6 nitrogen and oxygen atoms in total. The van der Waals surface area contributed by atoms with Crippen LogP contribution in [0.4, 0.5) is 5.82 Å². The third kappa shape index (κ3) is 3.63. The first-order valence-electron chi connectivity index (χ1n) is 8.52. The lowest BCUT2D eigenvalue weighted by molar-refractivity contribution is 0.189. The fourth-order valence-corrected chi connectivity index (χ4v) is 3.04. The monoisotopic (exact) mass is 315 g/mol. The van der Waals surface area contributed by atoms with Gasteiger partial charge in [-0.2, -0.15) is 4.98 Å². The van der Waals surface area contributed by atoms with E-state index in [9.17, 15) is 0 Å². The first kappa shape index (κ1) is 15.8. The lowest BCUT2D eigenvalue weighted by atomic mass is 9.96. The van der Waals surface area contributed by atoms with Gasteiger partial charge in [-0.25, -0.2) is 9.50 Å². The van der Waals surface area contributed by atoms with Crippen LogP contribution in [-0.2, 0) is 6.42 Å². The number of fused-ring (bicyclic) bond motifs is 1. The van der Waals surface area contributed by atoms with E-state index in [0.29, 0.717) is 17.5 Å². The van der Waals surface area contributed by atoms with E-state index in [-0.39, 0.29) is 6.10 Å². The molecular formula is C17H25N5O. The highest BCUT2D eigenvalue weighted by atomic mass is 16.5. The van der Waals surface area contributed by atoms with Gasteiger partial charge in [-0.05, 0) is 39.0 Å². The standard InChI is InChI=1S/C17H25N5O/c1-3-7-12(2)23-17-20-15(18)16-19-11-14(22(16)21-17)10-13-8-5-4-6-9-13/h8,11-12H,3-7,9-10H2,1-2H3,(H2,18,20,21)/t12-/m0/s1. The molecule has 2 N–H and O–H groups in total. The summed E-state index contributed by atoms with van der Waals surface area (Å²) in [7, 11) is 0. The smallest absolute Gasteiger partial charge is 0.336 e. The summed E-state index contributed by atoms with van der Waals surface area (Å²) in [4.78, 5) is 8.60. The molecule has 2 aromatic rings. The zero-order chi connectivity index (χ0) is 16.2. The van der Waals surface area contributed by atoms with Gasteiger partial charge in [0.1, 0.15) is 0 Å². The third-order valence-corrected chi connectivity index (χ3v) is 4.23. The first-order valence-corrected chi connectivity index (χ1v) is 8.52. The van der Waals surface area contributed by atoms with Crippen LogP contribution in [0.1, 0.15) is 58.1 Å². The van der Waals surface area contributed by atoms with Gasteiger partial charge in [0, 0.05) is 6.42 Å². The summed E-state index contributed by atoms with van der Waals surface area (Å²) in [5.41, 5.74) is 9.12. The molecule has 6 heteroatoms. The summed E-state index contributed by atoms with van der Waals surface area (Å²) < 4.78 is 7.58. The predicted octanol–water partition coefficient (Wildman–Crippen LogP) is 3.32. The highest BCUT2D eigenvalue weighted by Crippen LogP contribution is 2.23. The molecule has 2 heterocycles. The maximum absolute atomic E-state index is 6.02. The van der Waals surface area contributed by atoms with Crippen LogP contribution in [0.15, 0.2) is 17.8 Å². The van der Waals surface area contributed by atoms with Crippen molar-refractivity contribution in [3.63, 3.8) is 0 Å². The average Bonchev–Trinajstić information content (AvgIpc) is 2.92. The fraction of sp³-hybridized carbons (Fsp3) is 0.588. The number of nitrogens with two attached hydrogens (primary N) is 1. The maximum atomic E-state index is 6.02. The van der Waals surface area contributed by atoms with Crippen LogP contribution < -0.4 is 10.5 Å². The number of nitrogens with zero attached hydrogens (tertiary/aromatic N) is 4. The maximum Gasteiger partial charge on any atom is 0.336 e. The largest absolute Gasteiger partial charge is 0.459 e. The van der Waals surface area contributed by atoms with Gasteiger partial charge in [0.25, 0.3) is 0 Å². The van der Waals surface area contributed by atoms with Crippen molar-refractivity contribution in [3.05, 3.63) is 23.5 Å². The lowest BCUT2D eigenvalue weighted by Crippen LogP contribution is -2.15. The zero-order valence-corrected chi connectivity index (χ0v) is 14.0. The molecule has 0 aliphatic heterocycles. The van der Waals surface area contributed by atoms with E-state index in [4.69, 9.17) is 10.5 Å². The van der Waals surface area contributed by atoms with Crippen LogP contribution >= 0.6 is 0 Å². The van der Waals surface area contributed by atoms with Gasteiger partial charge in [0.2, 0.25) is 0 Å². The Morgan fingerprint density at radius 2 is 2.26 bits per heavy atom. The van der Waals surface area contributed by atoms with Crippen molar-refractivity contribution < 1.29 is 4.74 Å². The lowest BCUT2D eigenvalue weighted by Gasteiger charge is -2.14. The molecule has 0 aromatic carbocycles. The second-order valence-corrected chi connectivity index (χ2v) is 6.27. The molecule has 0 fully saturated rings. The minimum Gasteiger partial charge on any atom is -0.459 e. The molecule has 3 rings (SSSR count). The Morgan fingerprint density at radius 3 is 3.00 bits per heavy atom. The minimum absolute atomic E-state index is 0.0740. The van der Waals surface area contributed by atoms with Gasteiger partial charge in [0.05, 0.1) is 18.0 Å². The van der Waals surface area contributed by atoms with E-state index in [1.54, 1.807) is 4.52 Å². The molecule has 0 radical (unpaired) electrons. The first-order chi connectivity index (χ1) is 11.2. The second-order valence-electron chi connectivity index (χ2n) is 6.27. The normalized spacial score (nSPS) is 16.3. The molecule has 0 bridgehead atoms. The highest BCUT2D eigenvalue weighted by molar-refractivity contribution is 5.59. The van der Waals surface area contributed by atoms with Gasteiger partial charge < -0.3 is 10.5 Å². The van der Waals surface area contributed by atoms with E-state index < -0.39 is 0 Å². The fourth-order valence-electron chi connectivity index (χ4n) is 3.04. The van der Waals surface area contributed by atoms with Crippen molar-refractivity contribution in [1.29, 1.82) is 0 Å². The van der Waals surface area contributed by atoms with Gasteiger partial charge in [0.15, 0.2) is 11.5 Å². The van der Waals surface area contributed by atoms with Crippen LogP contribution in [-0.4, -0.2) is 25.7 Å². The average molecular weight is 315 g/mol. The molecular weight excluding hydrogens is 290 g/mol. The molecule has 0 amide bonds. The van der Waals surface area contributed by atoms with E-state index >= 15 is 0 Å². The Morgan fingerprint density at radius 1 is 1.39 bits per heavy atom. The van der Waals surface area contributed by atoms with E-state index in [2.05, 4.69) is 28.1 Å². The molecule has 0 unspecified atom stereocenters. The minimum atomic E-state index is 0.0740. The van der Waals surface area contributed by atoms with Crippen LogP contribution in [0.25, 0.3) is 5.65 Å². The summed E-state index contributed by atoms with van der Waals surface area (Å²) in [6, 6.07) is 0.327. The van der Waals surface area contributed by atoms with Crippen LogP contribution in [0.2, 0.25) is 0 Å². The van der Waals surface area contributed by atoms with E-state index in [0.717, 1.165) is 31.4 Å². The summed E-state index contributed by atoms with van der Waals surface area (Å²) >= 11 is 0. The van der Waals surface area contributed by atoms with E-state index in [1.807, 2.05) is 13.1 Å². The highest BCUT2D eigenvalue weighted by Gasteiger charge is 2.15. The Hall–Kier alpha value is -2.11. The number of hydrogen-bond acceptors (Lipinski definition) is 5. The van der Waals surface area contributed by atoms with Crippen LogP contribution in [0, 0.1) is 0 Å². The summed E-state index contributed by atoms with van der Waals surface area (Å²) in [6.45, 7) is 4.15. The third-order valence-electron chi connectivity index (χ3n) is 4.23. The number of imidazole rings is 1. The number of hydrogen-bond donors (Lipinski definition) is 1. The number of nitrogen functional groups attached to an aromatic ring is 1. The number of aromatic nitrogens is 4. The topological polar surface area (TPSA) is 78.3 Å². The molecule has 124 valence electrons. The summed E-state index contributed by atoms with van der Waals surface area (Å²) in [6.07, 6.45) is 12.0. The van der Waals surface area contributed by atoms with Crippen LogP contribution in [0.5, 0.6) is 6.01 Å². The van der Waals surface area contributed by atoms with E-state index in [1.165, 1.54) is 24.8 Å². The van der Waals surface area contributed by atoms with Crippen molar-refractivity contribution in [1.82, 2.24) is 19.6 Å². The van der Waals surface area contributed by atoms with Crippen molar-refractivity contribution >= 4 is 11.5 Å². The van der Waals surface area contributed by atoms with Gasteiger partial charge in [-0.1, -0.05) is 25.0 Å². The number of rotatable bonds is 6. The van der Waals surface area contributed by atoms with Gasteiger partial charge in [-0.3, -0.25) is 0 Å². The SMILES string of the molecule is CCC[C@H](C)Oc1nc(N)c2ncc(CC3=CCCCC3)n2n1. The Bertz CT molecular complexity index is 706. The molecule has 0 saturated carbocycles.